The monoisotopic (exact) mass is 302 g/mol. The normalized spacial score (nSPS) is 10.5. The summed E-state index contributed by atoms with van der Waals surface area (Å²) in [4.78, 5) is 17.4. The molecule has 0 aliphatic rings. The van der Waals surface area contributed by atoms with Crippen molar-refractivity contribution in [3.63, 3.8) is 0 Å². The maximum atomic E-state index is 11.6. The molecule has 1 heterocycles. The van der Waals surface area contributed by atoms with E-state index in [0.717, 1.165) is 3.70 Å². The Morgan fingerprint density at radius 3 is 2.86 bits per heavy atom. The number of hydrogen-bond donors (Lipinski definition) is 0. The summed E-state index contributed by atoms with van der Waals surface area (Å²) in [6.07, 6.45) is 4.92. The van der Waals surface area contributed by atoms with Crippen LogP contribution in [0.3, 0.4) is 0 Å². The van der Waals surface area contributed by atoms with Gasteiger partial charge in [-0.2, -0.15) is 0 Å². The lowest BCUT2D eigenvalue weighted by Crippen LogP contribution is -2.03. The average molecular weight is 302 g/mol. The van der Waals surface area contributed by atoms with Gasteiger partial charge < -0.3 is 4.90 Å². The summed E-state index contributed by atoms with van der Waals surface area (Å²) in [6, 6.07) is 3.48. The second-order valence-corrected chi connectivity index (χ2v) is 4.12. The standard InChI is InChI=1S/C10H11IN2O/c1-13(2)6-4-9(14)8-3-5-12-10(11)7-8/h3-7H,1-2H3/b6-4-. The molecule has 0 bridgehead atoms. The molecule has 3 nitrogen and oxygen atoms in total. The van der Waals surface area contributed by atoms with Crippen LogP contribution in [0.1, 0.15) is 10.4 Å². The van der Waals surface area contributed by atoms with Crippen LogP contribution in [-0.2, 0) is 0 Å². The Balaban J connectivity index is 2.80. The van der Waals surface area contributed by atoms with Gasteiger partial charge in [-0.3, -0.25) is 9.78 Å². The minimum Gasteiger partial charge on any atom is -0.383 e. The predicted octanol–water partition coefficient (Wildman–Crippen LogP) is 1.94. The number of carbonyl (C=O) groups excluding carboxylic acids is 1. The fourth-order valence-corrected chi connectivity index (χ4v) is 1.37. The molecule has 0 fully saturated rings. The summed E-state index contributed by atoms with van der Waals surface area (Å²) >= 11 is 2.08. The fraction of sp³-hybridized carbons (Fsp3) is 0.200. The molecule has 74 valence electrons. The number of nitrogens with zero attached hydrogens (tertiary/aromatic N) is 2. The van der Waals surface area contributed by atoms with E-state index in [1.165, 1.54) is 0 Å². The number of rotatable bonds is 3. The third kappa shape index (κ3) is 3.45. The Kier molecular flexibility index (Phi) is 4.06. The van der Waals surface area contributed by atoms with Crippen LogP contribution >= 0.6 is 22.6 Å². The Morgan fingerprint density at radius 1 is 1.57 bits per heavy atom. The molecule has 0 N–H and O–H groups in total. The van der Waals surface area contributed by atoms with E-state index in [4.69, 9.17) is 0 Å². The second-order valence-electron chi connectivity index (χ2n) is 3.01. The average Bonchev–Trinajstić information content (AvgIpc) is 2.14. The summed E-state index contributed by atoms with van der Waals surface area (Å²) in [5, 5.41) is 0. The lowest BCUT2D eigenvalue weighted by molar-refractivity contribution is 0.104. The Labute approximate surface area is 97.0 Å². The molecule has 1 rings (SSSR count). The molecule has 4 heteroatoms. The molecule has 0 spiro atoms. The zero-order valence-electron chi connectivity index (χ0n) is 8.07. The molecule has 0 radical (unpaired) electrons. The van der Waals surface area contributed by atoms with Crippen molar-refractivity contribution in [2.45, 2.75) is 0 Å². The zero-order chi connectivity index (χ0) is 10.6. The van der Waals surface area contributed by atoms with Gasteiger partial charge in [0.15, 0.2) is 5.78 Å². The highest BCUT2D eigenvalue weighted by molar-refractivity contribution is 14.1. The van der Waals surface area contributed by atoms with E-state index < -0.39 is 0 Å². The van der Waals surface area contributed by atoms with Gasteiger partial charge in [0, 0.05) is 38.1 Å². The third-order valence-electron chi connectivity index (χ3n) is 1.54. The lowest BCUT2D eigenvalue weighted by Gasteiger charge is -2.02. The van der Waals surface area contributed by atoms with Crippen LogP contribution in [0.15, 0.2) is 30.6 Å². The first kappa shape index (κ1) is 11.2. The number of ketones is 1. The van der Waals surface area contributed by atoms with Gasteiger partial charge in [0.25, 0.3) is 0 Å². The third-order valence-corrected chi connectivity index (χ3v) is 2.13. The van der Waals surface area contributed by atoms with E-state index in [2.05, 4.69) is 27.6 Å². The molecule has 0 saturated carbocycles. The number of aromatic nitrogens is 1. The van der Waals surface area contributed by atoms with Crippen molar-refractivity contribution in [3.8, 4) is 0 Å². The summed E-state index contributed by atoms with van der Waals surface area (Å²) in [6.45, 7) is 0. The molecule has 1 aromatic rings. The van der Waals surface area contributed by atoms with Crippen LogP contribution in [-0.4, -0.2) is 29.8 Å². The van der Waals surface area contributed by atoms with Gasteiger partial charge in [0.2, 0.25) is 0 Å². The molecular weight excluding hydrogens is 291 g/mol. The van der Waals surface area contributed by atoms with Gasteiger partial charge in [-0.05, 0) is 34.7 Å². The maximum Gasteiger partial charge on any atom is 0.187 e. The Hall–Kier alpha value is -0.910. The highest BCUT2D eigenvalue weighted by Gasteiger charge is 2.01. The van der Waals surface area contributed by atoms with Gasteiger partial charge in [-0.25, -0.2) is 0 Å². The van der Waals surface area contributed by atoms with Crippen LogP contribution in [0.5, 0.6) is 0 Å². The first-order valence-electron chi connectivity index (χ1n) is 4.10. The Morgan fingerprint density at radius 2 is 2.29 bits per heavy atom. The van der Waals surface area contributed by atoms with Gasteiger partial charge in [-0.1, -0.05) is 0 Å². The summed E-state index contributed by atoms with van der Waals surface area (Å²) in [7, 11) is 3.75. The van der Waals surface area contributed by atoms with Crippen molar-refractivity contribution in [1.29, 1.82) is 0 Å². The van der Waals surface area contributed by atoms with Crippen LogP contribution < -0.4 is 0 Å². The molecule has 0 aliphatic carbocycles. The van der Waals surface area contributed by atoms with Crippen LogP contribution in [0, 0.1) is 3.70 Å². The Bertz CT molecular complexity index is 361. The maximum absolute atomic E-state index is 11.6. The van der Waals surface area contributed by atoms with E-state index in [9.17, 15) is 4.79 Å². The van der Waals surface area contributed by atoms with E-state index in [1.54, 1.807) is 30.6 Å². The van der Waals surface area contributed by atoms with E-state index in [1.807, 2.05) is 19.0 Å². The molecule has 0 amide bonds. The minimum atomic E-state index is -0.000911. The summed E-state index contributed by atoms with van der Waals surface area (Å²) < 4.78 is 0.826. The highest BCUT2D eigenvalue weighted by Crippen LogP contribution is 2.05. The van der Waals surface area contributed by atoms with E-state index >= 15 is 0 Å². The van der Waals surface area contributed by atoms with Crippen molar-refractivity contribution >= 4 is 28.4 Å². The topological polar surface area (TPSA) is 33.2 Å². The smallest absolute Gasteiger partial charge is 0.187 e. The highest BCUT2D eigenvalue weighted by atomic mass is 127. The van der Waals surface area contributed by atoms with Gasteiger partial charge in [0.1, 0.15) is 3.70 Å². The second kappa shape index (κ2) is 5.09. The summed E-state index contributed by atoms with van der Waals surface area (Å²) in [5.74, 6) is -0.000911. The van der Waals surface area contributed by atoms with E-state index in [-0.39, 0.29) is 5.78 Å². The van der Waals surface area contributed by atoms with Crippen LogP contribution in [0.25, 0.3) is 0 Å². The predicted molar refractivity (Wildman–Crippen MR) is 64.1 cm³/mol. The van der Waals surface area contributed by atoms with Gasteiger partial charge >= 0.3 is 0 Å². The number of carbonyl (C=O) groups is 1. The number of halogens is 1. The molecule has 0 aliphatic heterocycles. The number of allylic oxidation sites excluding steroid dienone is 1. The first-order valence-corrected chi connectivity index (χ1v) is 5.18. The van der Waals surface area contributed by atoms with E-state index in [0.29, 0.717) is 5.56 Å². The van der Waals surface area contributed by atoms with Crippen molar-refractivity contribution in [2.75, 3.05) is 14.1 Å². The number of hydrogen-bond acceptors (Lipinski definition) is 3. The van der Waals surface area contributed by atoms with Crippen molar-refractivity contribution < 1.29 is 4.79 Å². The molecule has 0 unspecified atom stereocenters. The van der Waals surface area contributed by atoms with Gasteiger partial charge in [0.05, 0.1) is 0 Å². The zero-order valence-corrected chi connectivity index (χ0v) is 10.2. The van der Waals surface area contributed by atoms with Crippen LogP contribution in [0.4, 0.5) is 0 Å². The van der Waals surface area contributed by atoms with Crippen LogP contribution in [0.2, 0.25) is 0 Å². The lowest BCUT2D eigenvalue weighted by atomic mass is 10.2. The quantitative estimate of drug-likeness (QED) is 0.370. The first-order chi connectivity index (χ1) is 6.59. The fourth-order valence-electron chi connectivity index (χ4n) is 0.869. The van der Waals surface area contributed by atoms with Gasteiger partial charge in [-0.15, -0.1) is 0 Å². The minimum absolute atomic E-state index is 0.000911. The number of pyridine rings is 1. The molecule has 0 aromatic carbocycles. The molecular formula is C10H11IN2O. The largest absolute Gasteiger partial charge is 0.383 e. The molecule has 1 aromatic heterocycles. The summed E-state index contributed by atoms with van der Waals surface area (Å²) in [5.41, 5.74) is 0.669. The molecule has 0 saturated heterocycles. The molecule has 14 heavy (non-hydrogen) atoms. The van der Waals surface area contributed by atoms with Crippen molar-refractivity contribution in [3.05, 3.63) is 39.9 Å². The van der Waals surface area contributed by atoms with Crippen molar-refractivity contribution in [1.82, 2.24) is 9.88 Å². The molecule has 0 atom stereocenters. The SMILES string of the molecule is CN(C)/C=C\C(=O)c1ccnc(I)c1. The van der Waals surface area contributed by atoms with Crippen molar-refractivity contribution in [2.24, 2.45) is 0 Å².